The molecule has 4 heterocycles. The summed E-state index contributed by atoms with van der Waals surface area (Å²) in [6, 6.07) is 12.3. The van der Waals surface area contributed by atoms with Gasteiger partial charge in [-0.05, 0) is 53.9 Å². The van der Waals surface area contributed by atoms with Gasteiger partial charge in [-0.2, -0.15) is 5.10 Å². The second-order valence-electron chi connectivity index (χ2n) is 9.73. The molecule has 0 radical (unpaired) electrons. The number of benzene rings is 2. The molecule has 204 valence electrons. The third-order valence-corrected chi connectivity index (χ3v) is 8.22. The predicted molar refractivity (Wildman–Crippen MR) is 154 cm³/mol. The number of anilines is 2. The van der Waals surface area contributed by atoms with E-state index in [0.29, 0.717) is 52.8 Å². The number of pyridine rings is 1. The lowest BCUT2D eigenvalue weighted by atomic mass is 10.1. The lowest BCUT2D eigenvalue weighted by Gasteiger charge is -2.27. The fraction of sp³-hybridized carbons (Fsp3) is 0.241. The van der Waals surface area contributed by atoms with E-state index < -0.39 is 6.67 Å². The molecule has 11 heteroatoms. The van der Waals surface area contributed by atoms with E-state index in [4.69, 9.17) is 4.74 Å². The van der Waals surface area contributed by atoms with Gasteiger partial charge in [0, 0.05) is 52.9 Å². The SMILES string of the molecule is Cc1ccc(C(=O)Nc2ccc(CN3CCOCC3)c(CF)c2)cc1NC(=O)c1cc2cnc3[nH]ncc3c2s1. The van der Waals surface area contributed by atoms with Crippen LogP contribution in [-0.2, 0) is 18.0 Å². The first-order valence-electron chi connectivity index (χ1n) is 12.9. The first kappa shape index (κ1) is 26.1. The highest BCUT2D eigenvalue weighted by Crippen LogP contribution is 2.31. The Morgan fingerprint density at radius 3 is 2.73 bits per heavy atom. The molecule has 0 unspecified atom stereocenters. The molecule has 0 atom stereocenters. The third-order valence-electron chi connectivity index (χ3n) is 7.03. The molecule has 3 N–H and O–H groups in total. The van der Waals surface area contributed by atoms with E-state index in [1.54, 1.807) is 48.8 Å². The average molecular weight is 559 g/mol. The quantitative estimate of drug-likeness (QED) is 0.250. The number of alkyl halides is 1. The second kappa shape index (κ2) is 11.1. The molecule has 1 aliphatic rings. The van der Waals surface area contributed by atoms with Crippen molar-refractivity contribution in [2.24, 2.45) is 0 Å². The summed E-state index contributed by atoms with van der Waals surface area (Å²) in [5.74, 6) is -0.626. The topological polar surface area (TPSA) is 112 Å². The van der Waals surface area contributed by atoms with Crippen molar-refractivity contribution in [3.63, 3.8) is 0 Å². The van der Waals surface area contributed by atoms with Crippen LogP contribution in [0.25, 0.3) is 21.1 Å². The number of thiophene rings is 1. The van der Waals surface area contributed by atoms with Crippen molar-refractivity contribution in [1.82, 2.24) is 20.1 Å². The van der Waals surface area contributed by atoms with Crippen molar-refractivity contribution in [2.45, 2.75) is 20.1 Å². The molecule has 0 saturated carbocycles. The zero-order valence-corrected chi connectivity index (χ0v) is 22.6. The number of fused-ring (bicyclic) bond motifs is 3. The van der Waals surface area contributed by atoms with Gasteiger partial charge in [-0.1, -0.05) is 12.1 Å². The number of aryl methyl sites for hydroxylation is 1. The molecule has 0 spiro atoms. The number of amides is 2. The summed E-state index contributed by atoms with van der Waals surface area (Å²) < 4.78 is 20.2. The standard InChI is InChI=1S/C29H27FN6O3S/c1-17-2-3-18(28(37)33-22-5-4-19(20(10-22)13-30)16-36-6-8-39-9-7-36)11-24(17)34-29(38)25-12-21-14-31-27-23(15-32-35-27)26(21)40-25/h2-5,10-12,14-15H,6-9,13,16H2,1H3,(H,33,37)(H,34,38)(H,31,32,35). The number of nitrogens with one attached hydrogen (secondary N) is 3. The lowest BCUT2D eigenvalue weighted by molar-refractivity contribution is 0.0340. The van der Waals surface area contributed by atoms with Gasteiger partial charge in [0.25, 0.3) is 11.8 Å². The number of hydrogen-bond acceptors (Lipinski definition) is 7. The Hall–Kier alpha value is -4.19. The fourth-order valence-electron chi connectivity index (χ4n) is 4.77. The van der Waals surface area contributed by atoms with Crippen LogP contribution in [0.1, 0.15) is 36.7 Å². The number of ether oxygens (including phenoxy) is 1. The molecule has 1 saturated heterocycles. The van der Waals surface area contributed by atoms with E-state index in [1.165, 1.54) is 11.3 Å². The summed E-state index contributed by atoms with van der Waals surface area (Å²) in [6.45, 7) is 4.85. The van der Waals surface area contributed by atoms with E-state index in [2.05, 4.69) is 30.7 Å². The lowest BCUT2D eigenvalue weighted by Crippen LogP contribution is -2.35. The zero-order valence-electron chi connectivity index (χ0n) is 21.8. The Labute approximate surface area is 233 Å². The van der Waals surface area contributed by atoms with E-state index >= 15 is 0 Å². The maximum absolute atomic E-state index is 13.9. The van der Waals surface area contributed by atoms with E-state index in [9.17, 15) is 14.0 Å². The molecular formula is C29H27FN6O3S. The molecule has 0 bridgehead atoms. The number of nitrogens with zero attached hydrogens (tertiary/aromatic N) is 3. The summed E-state index contributed by atoms with van der Waals surface area (Å²) in [7, 11) is 0. The van der Waals surface area contributed by atoms with Crippen LogP contribution in [-0.4, -0.2) is 58.2 Å². The highest BCUT2D eigenvalue weighted by Gasteiger charge is 2.17. The number of hydrogen-bond donors (Lipinski definition) is 3. The van der Waals surface area contributed by atoms with Gasteiger partial charge in [-0.15, -0.1) is 11.3 Å². The summed E-state index contributed by atoms with van der Waals surface area (Å²) >= 11 is 1.36. The van der Waals surface area contributed by atoms with Crippen molar-refractivity contribution in [1.29, 1.82) is 0 Å². The first-order chi connectivity index (χ1) is 19.5. The van der Waals surface area contributed by atoms with Gasteiger partial charge in [-0.3, -0.25) is 19.6 Å². The van der Waals surface area contributed by atoms with Gasteiger partial charge in [0.1, 0.15) is 6.67 Å². The number of halogens is 1. The smallest absolute Gasteiger partial charge is 0.265 e. The monoisotopic (exact) mass is 558 g/mol. The Bertz CT molecular complexity index is 1730. The van der Waals surface area contributed by atoms with Gasteiger partial charge in [-0.25, -0.2) is 9.37 Å². The number of aromatic nitrogens is 3. The summed E-state index contributed by atoms with van der Waals surface area (Å²) in [5.41, 5.74) is 4.35. The molecule has 3 aromatic heterocycles. The Kier molecular flexibility index (Phi) is 7.25. The van der Waals surface area contributed by atoms with Gasteiger partial charge in [0.05, 0.1) is 29.7 Å². The van der Waals surface area contributed by atoms with Crippen LogP contribution in [0.3, 0.4) is 0 Å². The fourth-order valence-corrected chi connectivity index (χ4v) is 5.81. The maximum atomic E-state index is 13.9. The van der Waals surface area contributed by atoms with Crippen molar-refractivity contribution in [3.05, 3.63) is 82.0 Å². The molecule has 9 nitrogen and oxygen atoms in total. The minimum absolute atomic E-state index is 0.276. The number of H-pyrrole nitrogens is 1. The van der Waals surface area contributed by atoms with Crippen LogP contribution < -0.4 is 10.6 Å². The van der Waals surface area contributed by atoms with Gasteiger partial charge >= 0.3 is 0 Å². The first-order valence-corrected chi connectivity index (χ1v) is 13.7. The minimum atomic E-state index is -0.621. The number of carbonyl (C=O) groups excluding carboxylic acids is 2. The highest BCUT2D eigenvalue weighted by molar-refractivity contribution is 7.21. The zero-order chi connectivity index (χ0) is 27.6. The predicted octanol–water partition coefficient (Wildman–Crippen LogP) is 5.29. The van der Waals surface area contributed by atoms with Crippen molar-refractivity contribution in [3.8, 4) is 0 Å². The molecule has 0 aliphatic carbocycles. The van der Waals surface area contributed by atoms with E-state index in [1.807, 2.05) is 13.0 Å². The summed E-state index contributed by atoms with van der Waals surface area (Å²) in [6.07, 6.45) is 3.41. The van der Waals surface area contributed by atoms with Gasteiger partial charge in [0.2, 0.25) is 0 Å². The Morgan fingerprint density at radius 2 is 1.90 bits per heavy atom. The number of morpholine rings is 1. The van der Waals surface area contributed by atoms with E-state index in [0.717, 1.165) is 39.7 Å². The number of carbonyl (C=O) groups is 2. The molecule has 2 aromatic carbocycles. The van der Waals surface area contributed by atoms with Crippen LogP contribution in [0.4, 0.5) is 15.8 Å². The van der Waals surface area contributed by atoms with Crippen LogP contribution in [0.5, 0.6) is 0 Å². The molecule has 1 aliphatic heterocycles. The van der Waals surface area contributed by atoms with Crippen molar-refractivity contribution < 1.29 is 18.7 Å². The minimum Gasteiger partial charge on any atom is -0.379 e. The summed E-state index contributed by atoms with van der Waals surface area (Å²) in [4.78, 5) is 33.3. The van der Waals surface area contributed by atoms with E-state index in [-0.39, 0.29) is 11.8 Å². The molecular weight excluding hydrogens is 531 g/mol. The van der Waals surface area contributed by atoms with Crippen LogP contribution in [0, 0.1) is 6.92 Å². The second-order valence-corrected chi connectivity index (χ2v) is 10.8. The van der Waals surface area contributed by atoms with Crippen LogP contribution in [0.15, 0.2) is 54.9 Å². The maximum Gasteiger partial charge on any atom is 0.265 e. The van der Waals surface area contributed by atoms with Crippen molar-refractivity contribution in [2.75, 3.05) is 36.9 Å². The largest absolute Gasteiger partial charge is 0.379 e. The summed E-state index contributed by atoms with van der Waals surface area (Å²) in [5, 5.41) is 14.4. The van der Waals surface area contributed by atoms with Gasteiger partial charge in [0.15, 0.2) is 5.65 Å². The van der Waals surface area contributed by atoms with Crippen LogP contribution in [0.2, 0.25) is 0 Å². The normalized spacial score (nSPS) is 14.1. The molecule has 40 heavy (non-hydrogen) atoms. The average Bonchev–Trinajstić information content (AvgIpc) is 3.62. The Morgan fingerprint density at radius 1 is 1.05 bits per heavy atom. The Balaban J connectivity index is 1.17. The molecule has 5 aromatic rings. The third kappa shape index (κ3) is 5.31. The molecule has 6 rings (SSSR count). The number of rotatable bonds is 7. The molecule has 1 fully saturated rings. The van der Waals surface area contributed by atoms with Crippen LogP contribution >= 0.6 is 11.3 Å². The highest BCUT2D eigenvalue weighted by atomic mass is 32.1. The number of aromatic amines is 1. The molecule has 2 amide bonds. The van der Waals surface area contributed by atoms with Crippen molar-refractivity contribution >= 4 is 55.6 Å². The van der Waals surface area contributed by atoms with Gasteiger partial charge < -0.3 is 15.4 Å².